The first-order valence-electron chi connectivity index (χ1n) is 22.4. The second-order valence-corrected chi connectivity index (χ2v) is 19.3. The maximum absolute atomic E-state index is 2.61. The van der Waals surface area contributed by atoms with E-state index in [-0.39, 0.29) is 5.41 Å². The molecule has 2 heteroatoms. The molecule has 2 bridgehead atoms. The summed E-state index contributed by atoms with van der Waals surface area (Å²) >= 11 is 1.88. The molecule has 0 aliphatic heterocycles. The SMILES string of the molecule is C[C@H]1C[C@@H]2C[C@H](C1)C1(c3ccccc3-c3ccc(N(c4ccc(-c5ccccc5-c5cccc6sc7ccccc7c56)cc4)c4ccccc4-c4ccccc4)cc31)[C@H](C)C2. The number of hydrogen-bond donors (Lipinski definition) is 0. The Hall–Kier alpha value is -6.22. The summed E-state index contributed by atoms with van der Waals surface area (Å²) in [5, 5.41) is 2.67. The normalized spacial score (nSPS) is 21.4. The van der Waals surface area contributed by atoms with Crippen molar-refractivity contribution in [1.82, 2.24) is 0 Å². The van der Waals surface area contributed by atoms with Crippen LogP contribution in [0.5, 0.6) is 0 Å². The van der Waals surface area contributed by atoms with Gasteiger partial charge in [0, 0.05) is 42.5 Å². The number of thiophene rings is 1. The maximum Gasteiger partial charge on any atom is 0.0540 e. The Morgan fingerprint density at radius 2 is 1.10 bits per heavy atom. The van der Waals surface area contributed by atoms with Crippen LogP contribution in [0.3, 0.4) is 0 Å². The van der Waals surface area contributed by atoms with E-state index >= 15 is 0 Å². The monoisotopic (exact) mass is 803 g/mol. The summed E-state index contributed by atoms with van der Waals surface area (Å²) in [6.07, 6.45) is 5.34. The highest BCUT2D eigenvalue weighted by atomic mass is 32.1. The minimum atomic E-state index is 0.0158. The van der Waals surface area contributed by atoms with Crippen LogP contribution in [0.25, 0.3) is 64.7 Å². The Labute approximate surface area is 364 Å². The van der Waals surface area contributed by atoms with Crippen LogP contribution in [0.4, 0.5) is 17.1 Å². The summed E-state index contributed by atoms with van der Waals surface area (Å²) in [5.74, 6) is 2.82. The van der Waals surface area contributed by atoms with Crippen molar-refractivity contribution >= 4 is 48.6 Å². The highest BCUT2D eigenvalue weighted by molar-refractivity contribution is 7.25. The summed E-state index contributed by atoms with van der Waals surface area (Å²) in [4.78, 5) is 2.53. The molecule has 0 amide bonds. The fourth-order valence-corrected chi connectivity index (χ4v) is 13.7. The summed E-state index contributed by atoms with van der Waals surface area (Å²) < 4.78 is 2.66. The van der Waals surface area contributed by atoms with Crippen LogP contribution >= 0.6 is 11.3 Å². The first-order valence-corrected chi connectivity index (χ1v) is 23.2. The smallest absolute Gasteiger partial charge is 0.0540 e. The van der Waals surface area contributed by atoms with E-state index in [1.54, 1.807) is 11.1 Å². The van der Waals surface area contributed by atoms with Crippen molar-refractivity contribution in [3.05, 3.63) is 199 Å². The average molecular weight is 804 g/mol. The number of para-hydroxylation sites is 1. The number of anilines is 3. The van der Waals surface area contributed by atoms with Crippen LogP contribution < -0.4 is 4.90 Å². The summed E-state index contributed by atoms with van der Waals surface area (Å²) in [6.45, 7) is 5.09. The summed E-state index contributed by atoms with van der Waals surface area (Å²) in [7, 11) is 0. The van der Waals surface area contributed by atoms with Crippen LogP contribution in [0.15, 0.2) is 188 Å². The molecule has 8 aromatic carbocycles. The molecule has 296 valence electrons. The third-order valence-corrected chi connectivity index (χ3v) is 15.9. The predicted octanol–water partition coefficient (Wildman–Crippen LogP) is 16.9. The highest BCUT2D eigenvalue weighted by Gasteiger charge is 2.56. The van der Waals surface area contributed by atoms with Gasteiger partial charge < -0.3 is 4.90 Å². The van der Waals surface area contributed by atoms with Gasteiger partial charge in [0.2, 0.25) is 0 Å². The van der Waals surface area contributed by atoms with Gasteiger partial charge in [0.1, 0.15) is 0 Å². The van der Waals surface area contributed by atoms with Crippen LogP contribution in [0.2, 0.25) is 0 Å². The molecule has 1 spiro atoms. The molecular formula is C59H49NS. The quantitative estimate of drug-likeness (QED) is 0.162. The molecule has 1 nitrogen and oxygen atoms in total. The lowest BCUT2D eigenvalue weighted by atomic mass is 9.49. The van der Waals surface area contributed by atoms with Crippen molar-refractivity contribution in [2.75, 3.05) is 4.90 Å². The summed E-state index contributed by atoms with van der Waals surface area (Å²) in [6, 6.07) is 70.7. The number of fused-ring (bicyclic) bond motifs is 11. The molecule has 1 heterocycles. The van der Waals surface area contributed by atoms with E-state index in [9.17, 15) is 0 Å². The minimum absolute atomic E-state index is 0.0158. The van der Waals surface area contributed by atoms with Crippen LogP contribution in [0.1, 0.15) is 50.7 Å². The molecule has 5 atom stereocenters. The first kappa shape index (κ1) is 36.6. The molecule has 3 aliphatic carbocycles. The van der Waals surface area contributed by atoms with Gasteiger partial charge in [-0.15, -0.1) is 11.3 Å². The average Bonchev–Trinajstić information content (AvgIpc) is 3.83. The second kappa shape index (κ2) is 14.5. The molecule has 1 aromatic heterocycles. The van der Waals surface area contributed by atoms with Crippen molar-refractivity contribution in [2.24, 2.45) is 23.7 Å². The molecule has 1 unspecified atom stereocenters. The maximum atomic E-state index is 2.61. The van der Waals surface area contributed by atoms with Crippen molar-refractivity contribution in [1.29, 1.82) is 0 Å². The zero-order chi connectivity index (χ0) is 40.7. The van der Waals surface area contributed by atoms with Crippen LogP contribution in [-0.2, 0) is 5.41 Å². The molecule has 0 N–H and O–H groups in total. The summed E-state index contributed by atoms with van der Waals surface area (Å²) in [5.41, 5.74) is 17.0. The van der Waals surface area contributed by atoms with E-state index in [1.165, 1.54) is 102 Å². The molecule has 9 aromatic rings. The Morgan fingerprint density at radius 1 is 0.459 bits per heavy atom. The zero-order valence-corrected chi connectivity index (χ0v) is 35.7. The number of rotatable bonds is 6. The highest BCUT2D eigenvalue weighted by Crippen LogP contribution is 2.65. The Kier molecular flexibility index (Phi) is 8.68. The van der Waals surface area contributed by atoms with E-state index in [2.05, 4.69) is 207 Å². The van der Waals surface area contributed by atoms with E-state index in [0.29, 0.717) is 11.8 Å². The van der Waals surface area contributed by atoms with E-state index in [4.69, 9.17) is 0 Å². The van der Waals surface area contributed by atoms with Gasteiger partial charge in [0.25, 0.3) is 0 Å². The molecule has 2 saturated carbocycles. The largest absolute Gasteiger partial charge is 0.310 e. The molecule has 61 heavy (non-hydrogen) atoms. The van der Waals surface area contributed by atoms with Crippen molar-refractivity contribution in [3.63, 3.8) is 0 Å². The fourth-order valence-electron chi connectivity index (χ4n) is 12.6. The number of hydrogen-bond acceptors (Lipinski definition) is 2. The Bertz CT molecular complexity index is 3100. The zero-order valence-electron chi connectivity index (χ0n) is 34.9. The second-order valence-electron chi connectivity index (χ2n) is 18.2. The molecular weight excluding hydrogens is 755 g/mol. The van der Waals surface area contributed by atoms with E-state index in [1.807, 2.05) is 11.3 Å². The third-order valence-electron chi connectivity index (χ3n) is 14.8. The van der Waals surface area contributed by atoms with Crippen molar-refractivity contribution in [3.8, 4) is 44.5 Å². The lowest BCUT2D eigenvalue weighted by molar-refractivity contribution is 0.0426. The van der Waals surface area contributed by atoms with E-state index in [0.717, 1.165) is 17.5 Å². The lowest BCUT2D eigenvalue weighted by Gasteiger charge is -2.54. The molecule has 0 radical (unpaired) electrons. The minimum Gasteiger partial charge on any atom is -0.310 e. The van der Waals surface area contributed by atoms with Crippen molar-refractivity contribution in [2.45, 2.75) is 44.9 Å². The van der Waals surface area contributed by atoms with Crippen LogP contribution in [-0.4, -0.2) is 0 Å². The molecule has 12 rings (SSSR count). The molecule has 3 aliphatic rings. The Balaban J connectivity index is 1.03. The lowest BCUT2D eigenvalue weighted by Crippen LogP contribution is -2.49. The van der Waals surface area contributed by atoms with Gasteiger partial charge >= 0.3 is 0 Å². The van der Waals surface area contributed by atoms with Gasteiger partial charge in [0.05, 0.1) is 5.69 Å². The van der Waals surface area contributed by atoms with Gasteiger partial charge in [-0.3, -0.25) is 0 Å². The van der Waals surface area contributed by atoms with E-state index < -0.39 is 0 Å². The molecule has 0 saturated heterocycles. The van der Waals surface area contributed by atoms with Gasteiger partial charge in [0.15, 0.2) is 0 Å². The predicted molar refractivity (Wildman–Crippen MR) is 260 cm³/mol. The van der Waals surface area contributed by atoms with Crippen molar-refractivity contribution < 1.29 is 0 Å². The number of benzene rings is 8. The van der Waals surface area contributed by atoms with Gasteiger partial charge in [-0.25, -0.2) is 0 Å². The van der Waals surface area contributed by atoms with Gasteiger partial charge in [-0.05, 0) is 142 Å². The topological polar surface area (TPSA) is 3.24 Å². The third kappa shape index (κ3) is 5.72. The molecule has 2 fully saturated rings. The number of nitrogens with zero attached hydrogens (tertiary/aromatic N) is 1. The van der Waals surface area contributed by atoms with Gasteiger partial charge in [-0.1, -0.05) is 159 Å². The Morgan fingerprint density at radius 3 is 1.95 bits per heavy atom. The first-order chi connectivity index (χ1) is 30.1. The standard InChI is InChI=1S/C59H49NS/c1-38-33-40-35-39(2)59(43(34-38)36-40)53-23-11-8-20-49(53)50-32-31-45(37-54(50)59)60(55-24-12-9-18-47(55)41-15-4-3-5-16-41)44-29-27-42(28-30-44)46-17-6-7-19-48(46)51-22-14-26-57-58(51)52-21-10-13-25-56(52)61-57/h3-32,37-40,43H,33-36H2,1-2H3/t38-,39+,40-,43-,59?/m0/s1. The fraction of sp³-hybridized carbons (Fsp3) is 0.186. The van der Waals surface area contributed by atoms with Gasteiger partial charge in [-0.2, -0.15) is 0 Å². The van der Waals surface area contributed by atoms with Crippen LogP contribution in [0, 0.1) is 23.7 Å².